The highest BCUT2D eigenvalue weighted by molar-refractivity contribution is 6.43. The number of hydrogen-bond acceptors (Lipinski definition) is 3. The minimum Gasteiger partial charge on any atom is -0.339 e. The molecule has 1 unspecified atom stereocenters. The molecule has 2 heterocycles. The van der Waals surface area contributed by atoms with Gasteiger partial charge in [-0.1, -0.05) is 29.3 Å². The molecule has 2 amide bonds. The molecule has 0 saturated carbocycles. The van der Waals surface area contributed by atoms with Crippen molar-refractivity contribution in [1.29, 1.82) is 0 Å². The van der Waals surface area contributed by atoms with Crippen LogP contribution in [0, 0.1) is 5.92 Å². The van der Waals surface area contributed by atoms with Gasteiger partial charge >= 0.3 is 0 Å². The number of nitrogens with one attached hydrogen (secondary N) is 1. The SMILES string of the molecule is Cl.O=C(c1cccc(Cl)c1Cl)N1CCN(C(=O)C2CCNC2)CC1. The first-order valence-corrected chi connectivity index (χ1v) is 8.56. The second-order valence-electron chi connectivity index (χ2n) is 5.91. The Balaban J connectivity index is 0.00000208. The average Bonchev–Trinajstić information content (AvgIpc) is 3.11. The van der Waals surface area contributed by atoms with Crippen LogP contribution < -0.4 is 5.32 Å². The second kappa shape index (κ2) is 8.39. The predicted octanol–water partition coefficient (Wildman–Crippen LogP) is 2.31. The Morgan fingerprint density at radius 1 is 1.08 bits per heavy atom. The largest absolute Gasteiger partial charge is 0.339 e. The van der Waals surface area contributed by atoms with E-state index in [0.29, 0.717) is 36.8 Å². The molecule has 1 N–H and O–H groups in total. The van der Waals surface area contributed by atoms with E-state index in [9.17, 15) is 9.59 Å². The number of benzene rings is 1. The lowest BCUT2D eigenvalue weighted by Crippen LogP contribution is -2.52. The molecule has 3 rings (SSSR count). The zero-order valence-corrected chi connectivity index (χ0v) is 15.5. The standard InChI is InChI=1S/C16H19Cl2N3O2.ClH/c17-13-3-1-2-12(14(13)18)16(23)21-8-6-20(7-9-21)15(22)11-4-5-19-10-11;/h1-3,11,19H,4-10H2;1H. The number of amides is 2. The Labute approximate surface area is 157 Å². The zero-order valence-electron chi connectivity index (χ0n) is 13.1. The number of carbonyl (C=O) groups is 2. The van der Waals surface area contributed by atoms with Gasteiger partial charge in [-0.3, -0.25) is 9.59 Å². The molecule has 2 fully saturated rings. The molecule has 2 aliphatic heterocycles. The lowest BCUT2D eigenvalue weighted by Gasteiger charge is -2.36. The molecule has 1 aromatic rings. The summed E-state index contributed by atoms with van der Waals surface area (Å²) in [6.45, 7) is 3.85. The van der Waals surface area contributed by atoms with Crippen LogP contribution in [0.15, 0.2) is 18.2 Å². The summed E-state index contributed by atoms with van der Waals surface area (Å²) in [4.78, 5) is 28.6. The van der Waals surface area contributed by atoms with Crippen molar-refractivity contribution in [2.45, 2.75) is 6.42 Å². The number of rotatable bonds is 2. The van der Waals surface area contributed by atoms with Crippen molar-refractivity contribution >= 4 is 47.4 Å². The quantitative estimate of drug-likeness (QED) is 0.840. The van der Waals surface area contributed by atoms with Gasteiger partial charge in [0.15, 0.2) is 0 Å². The van der Waals surface area contributed by atoms with E-state index in [2.05, 4.69) is 5.32 Å². The predicted molar refractivity (Wildman–Crippen MR) is 97.2 cm³/mol. The Kier molecular flexibility index (Phi) is 6.75. The van der Waals surface area contributed by atoms with E-state index in [-0.39, 0.29) is 35.2 Å². The van der Waals surface area contributed by atoms with Gasteiger partial charge in [-0.2, -0.15) is 0 Å². The maximum absolute atomic E-state index is 12.6. The fraction of sp³-hybridized carbons (Fsp3) is 0.500. The highest BCUT2D eigenvalue weighted by Gasteiger charge is 2.31. The maximum Gasteiger partial charge on any atom is 0.255 e. The molecule has 2 aliphatic rings. The van der Waals surface area contributed by atoms with Gasteiger partial charge < -0.3 is 15.1 Å². The fourth-order valence-electron chi connectivity index (χ4n) is 3.09. The van der Waals surface area contributed by atoms with Crippen LogP contribution in [0.1, 0.15) is 16.8 Å². The Hall–Kier alpha value is -1.01. The highest BCUT2D eigenvalue weighted by atomic mass is 35.5. The molecule has 1 atom stereocenters. The molecule has 5 nitrogen and oxygen atoms in total. The van der Waals surface area contributed by atoms with E-state index < -0.39 is 0 Å². The van der Waals surface area contributed by atoms with E-state index in [0.717, 1.165) is 19.5 Å². The first-order chi connectivity index (χ1) is 11.1. The summed E-state index contributed by atoms with van der Waals surface area (Å²) in [6, 6.07) is 5.06. The summed E-state index contributed by atoms with van der Waals surface area (Å²) >= 11 is 12.1. The molecule has 0 aliphatic carbocycles. The van der Waals surface area contributed by atoms with Gasteiger partial charge in [-0.15, -0.1) is 12.4 Å². The molecular weight excluding hydrogens is 373 g/mol. The molecule has 0 spiro atoms. The van der Waals surface area contributed by atoms with Gasteiger partial charge in [-0.25, -0.2) is 0 Å². The van der Waals surface area contributed by atoms with Crippen LogP contribution in [0.4, 0.5) is 0 Å². The Morgan fingerprint density at radius 2 is 1.75 bits per heavy atom. The van der Waals surface area contributed by atoms with Crippen molar-refractivity contribution in [1.82, 2.24) is 15.1 Å². The first-order valence-electron chi connectivity index (χ1n) is 7.80. The molecule has 24 heavy (non-hydrogen) atoms. The van der Waals surface area contributed by atoms with Crippen molar-refractivity contribution in [3.8, 4) is 0 Å². The topological polar surface area (TPSA) is 52.7 Å². The second-order valence-corrected chi connectivity index (χ2v) is 6.69. The number of carbonyl (C=O) groups excluding carboxylic acids is 2. The van der Waals surface area contributed by atoms with Crippen LogP contribution in [0.25, 0.3) is 0 Å². The highest BCUT2D eigenvalue weighted by Crippen LogP contribution is 2.27. The van der Waals surface area contributed by atoms with Gasteiger partial charge in [0, 0.05) is 32.7 Å². The molecule has 0 radical (unpaired) electrons. The van der Waals surface area contributed by atoms with E-state index in [1.165, 1.54) is 0 Å². The van der Waals surface area contributed by atoms with Crippen LogP contribution in [0.3, 0.4) is 0 Å². The number of nitrogens with zero attached hydrogens (tertiary/aromatic N) is 2. The van der Waals surface area contributed by atoms with E-state index >= 15 is 0 Å². The summed E-state index contributed by atoms with van der Waals surface area (Å²) in [6.07, 6.45) is 0.899. The maximum atomic E-state index is 12.6. The molecule has 0 bridgehead atoms. The van der Waals surface area contributed by atoms with Gasteiger partial charge in [0.25, 0.3) is 5.91 Å². The Bertz CT molecular complexity index is 613. The van der Waals surface area contributed by atoms with Crippen molar-refractivity contribution in [3.63, 3.8) is 0 Å². The zero-order chi connectivity index (χ0) is 16.4. The minimum absolute atomic E-state index is 0. The fourth-order valence-corrected chi connectivity index (χ4v) is 3.47. The minimum atomic E-state index is -0.132. The van der Waals surface area contributed by atoms with E-state index in [4.69, 9.17) is 23.2 Å². The molecule has 132 valence electrons. The van der Waals surface area contributed by atoms with Crippen LogP contribution >= 0.6 is 35.6 Å². The van der Waals surface area contributed by atoms with Crippen molar-refractivity contribution < 1.29 is 9.59 Å². The lowest BCUT2D eigenvalue weighted by atomic mass is 10.1. The molecule has 0 aromatic heterocycles. The molecule has 8 heteroatoms. The van der Waals surface area contributed by atoms with Crippen molar-refractivity contribution in [3.05, 3.63) is 33.8 Å². The summed E-state index contributed by atoms with van der Waals surface area (Å²) in [5.41, 5.74) is 0.416. The van der Waals surface area contributed by atoms with Gasteiger partial charge in [0.1, 0.15) is 0 Å². The van der Waals surface area contributed by atoms with Crippen LogP contribution in [-0.2, 0) is 4.79 Å². The van der Waals surface area contributed by atoms with Gasteiger partial charge in [-0.05, 0) is 25.1 Å². The third-order valence-corrected chi connectivity index (χ3v) is 5.29. The number of piperazine rings is 1. The lowest BCUT2D eigenvalue weighted by molar-refractivity contribution is -0.136. The smallest absolute Gasteiger partial charge is 0.255 e. The summed E-state index contributed by atoms with van der Waals surface area (Å²) in [7, 11) is 0. The van der Waals surface area contributed by atoms with Crippen LogP contribution in [0.5, 0.6) is 0 Å². The number of hydrogen-bond donors (Lipinski definition) is 1. The van der Waals surface area contributed by atoms with E-state index in [1.54, 1.807) is 23.1 Å². The van der Waals surface area contributed by atoms with Crippen molar-refractivity contribution in [2.24, 2.45) is 5.92 Å². The summed E-state index contributed by atoms with van der Waals surface area (Å²) in [5, 5.41) is 3.87. The van der Waals surface area contributed by atoms with E-state index in [1.807, 2.05) is 4.90 Å². The average molecular weight is 393 g/mol. The van der Waals surface area contributed by atoms with Gasteiger partial charge in [0.05, 0.1) is 21.5 Å². The molecule has 1 aromatic carbocycles. The van der Waals surface area contributed by atoms with Crippen LogP contribution in [-0.4, -0.2) is 60.9 Å². The molecular formula is C16H20Cl3N3O2. The van der Waals surface area contributed by atoms with Gasteiger partial charge in [0.2, 0.25) is 5.91 Å². The Morgan fingerprint density at radius 3 is 2.38 bits per heavy atom. The first kappa shape index (κ1) is 19.3. The summed E-state index contributed by atoms with van der Waals surface area (Å²) < 4.78 is 0. The summed E-state index contributed by atoms with van der Waals surface area (Å²) in [5.74, 6) is 0.148. The van der Waals surface area contributed by atoms with Crippen LogP contribution in [0.2, 0.25) is 10.0 Å². The third-order valence-electron chi connectivity index (χ3n) is 4.47. The normalized spacial score (nSPS) is 20.7. The molecule has 2 saturated heterocycles. The van der Waals surface area contributed by atoms with Crippen molar-refractivity contribution in [2.75, 3.05) is 39.3 Å². The number of halogens is 3. The monoisotopic (exact) mass is 391 g/mol. The third kappa shape index (κ3) is 3.97.